The lowest BCUT2D eigenvalue weighted by Gasteiger charge is -2.21. The standard InChI is InChI=1S/C14H19N5/c1-3-19-10-11(8-17-19)9-18(2)13-7-5-4-6-12(13)14(15)16/h4-8,10H,3,9H2,1-2H3,(H3,15,16). The highest BCUT2D eigenvalue weighted by Gasteiger charge is 2.10. The van der Waals surface area contributed by atoms with E-state index in [1.54, 1.807) is 0 Å². The molecular formula is C14H19N5. The average molecular weight is 257 g/mol. The Morgan fingerprint density at radius 3 is 2.79 bits per heavy atom. The third kappa shape index (κ3) is 2.93. The number of benzene rings is 1. The second kappa shape index (κ2) is 5.56. The normalized spacial score (nSPS) is 10.4. The van der Waals surface area contributed by atoms with Crippen molar-refractivity contribution in [2.45, 2.75) is 20.0 Å². The predicted octanol–water partition coefficient (Wildman–Crippen LogP) is 1.82. The number of nitrogens with one attached hydrogen (secondary N) is 1. The van der Waals surface area contributed by atoms with Crippen LogP contribution < -0.4 is 10.6 Å². The van der Waals surface area contributed by atoms with Crippen LogP contribution in [0, 0.1) is 5.41 Å². The number of para-hydroxylation sites is 1. The summed E-state index contributed by atoms with van der Waals surface area (Å²) >= 11 is 0. The summed E-state index contributed by atoms with van der Waals surface area (Å²) in [6.07, 6.45) is 3.91. The Kier molecular flexibility index (Phi) is 3.85. The first-order chi connectivity index (χ1) is 9.11. The molecular weight excluding hydrogens is 238 g/mol. The number of rotatable bonds is 5. The second-order valence-corrected chi connectivity index (χ2v) is 4.49. The van der Waals surface area contributed by atoms with Gasteiger partial charge in [-0.25, -0.2) is 0 Å². The minimum absolute atomic E-state index is 0.0895. The van der Waals surface area contributed by atoms with Gasteiger partial charge in [-0.15, -0.1) is 0 Å². The molecule has 1 aromatic carbocycles. The molecule has 0 aliphatic rings. The molecule has 5 heteroatoms. The summed E-state index contributed by atoms with van der Waals surface area (Å²) in [6.45, 7) is 3.67. The van der Waals surface area contributed by atoms with Gasteiger partial charge in [0.2, 0.25) is 0 Å². The quantitative estimate of drug-likeness (QED) is 0.634. The van der Waals surface area contributed by atoms with E-state index in [0.29, 0.717) is 0 Å². The van der Waals surface area contributed by atoms with Gasteiger partial charge in [-0.3, -0.25) is 10.1 Å². The predicted molar refractivity (Wildman–Crippen MR) is 77.5 cm³/mol. The van der Waals surface area contributed by atoms with E-state index in [2.05, 4.69) is 16.9 Å². The fraction of sp³-hybridized carbons (Fsp3) is 0.286. The Morgan fingerprint density at radius 2 is 2.16 bits per heavy atom. The molecule has 0 spiro atoms. The lowest BCUT2D eigenvalue weighted by Crippen LogP contribution is -2.21. The van der Waals surface area contributed by atoms with Crippen LogP contribution in [0.5, 0.6) is 0 Å². The van der Waals surface area contributed by atoms with Crippen LogP contribution in [0.25, 0.3) is 0 Å². The number of aromatic nitrogens is 2. The summed E-state index contributed by atoms with van der Waals surface area (Å²) in [4.78, 5) is 2.08. The highest BCUT2D eigenvalue weighted by molar-refractivity contribution is 6.00. The van der Waals surface area contributed by atoms with Crippen LogP contribution >= 0.6 is 0 Å². The molecule has 1 aromatic heterocycles. The summed E-state index contributed by atoms with van der Waals surface area (Å²) in [5.74, 6) is 0.0895. The molecule has 0 aliphatic heterocycles. The van der Waals surface area contributed by atoms with Crippen LogP contribution in [0.2, 0.25) is 0 Å². The Hall–Kier alpha value is -2.30. The van der Waals surface area contributed by atoms with Crippen LogP contribution in [0.4, 0.5) is 5.69 Å². The van der Waals surface area contributed by atoms with E-state index in [1.165, 1.54) is 0 Å². The lowest BCUT2D eigenvalue weighted by atomic mass is 10.1. The van der Waals surface area contributed by atoms with Gasteiger partial charge in [0.25, 0.3) is 0 Å². The minimum Gasteiger partial charge on any atom is -0.384 e. The van der Waals surface area contributed by atoms with Crippen molar-refractivity contribution in [3.05, 3.63) is 47.8 Å². The molecule has 2 rings (SSSR count). The molecule has 0 radical (unpaired) electrons. The van der Waals surface area contributed by atoms with Gasteiger partial charge in [-0.2, -0.15) is 5.10 Å². The largest absolute Gasteiger partial charge is 0.384 e. The van der Waals surface area contributed by atoms with Crippen molar-refractivity contribution in [1.29, 1.82) is 5.41 Å². The third-order valence-corrected chi connectivity index (χ3v) is 3.04. The maximum Gasteiger partial charge on any atom is 0.124 e. The van der Waals surface area contributed by atoms with E-state index in [9.17, 15) is 0 Å². The summed E-state index contributed by atoms with van der Waals surface area (Å²) < 4.78 is 1.90. The maximum absolute atomic E-state index is 7.62. The van der Waals surface area contributed by atoms with E-state index in [1.807, 2.05) is 48.4 Å². The van der Waals surface area contributed by atoms with Crippen LogP contribution in [0.3, 0.4) is 0 Å². The van der Waals surface area contributed by atoms with Crippen molar-refractivity contribution in [3.63, 3.8) is 0 Å². The number of aryl methyl sites for hydroxylation is 1. The van der Waals surface area contributed by atoms with Crippen LogP contribution in [-0.2, 0) is 13.1 Å². The van der Waals surface area contributed by atoms with Crippen molar-refractivity contribution in [2.24, 2.45) is 5.73 Å². The smallest absolute Gasteiger partial charge is 0.124 e. The molecule has 1 heterocycles. The summed E-state index contributed by atoms with van der Waals surface area (Å²) in [5.41, 5.74) is 8.47. The first-order valence-corrected chi connectivity index (χ1v) is 6.27. The van der Waals surface area contributed by atoms with Gasteiger partial charge in [0.05, 0.1) is 6.20 Å². The van der Waals surface area contributed by atoms with Crippen molar-refractivity contribution in [2.75, 3.05) is 11.9 Å². The maximum atomic E-state index is 7.62. The number of nitrogen functional groups attached to an aromatic ring is 1. The number of nitrogens with zero attached hydrogens (tertiary/aromatic N) is 3. The topological polar surface area (TPSA) is 70.9 Å². The number of anilines is 1. The first-order valence-electron chi connectivity index (χ1n) is 6.27. The van der Waals surface area contributed by atoms with E-state index >= 15 is 0 Å². The fourth-order valence-corrected chi connectivity index (χ4v) is 2.05. The van der Waals surface area contributed by atoms with E-state index in [4.69, 9.17) is 11.1 Å². The zero-order valence-corrected chi connectivity index (χ0v) is 11.3. The molecule has 0 bridgehead atoms. The molecule has 0 amide bonds. The minimum atomic E-state index is 0.0895. The first kappa shape index (κ1) is 13.1. The number of amidine groups is 1. The highest BCUT2D eigenvalue weighted by Crippen LogP contribution is 2.20. The Balaban J connectivity index is 2.20. The third-order valence-electron chi connectivity index (χ3n) is 3.04. The number of nitrogens with two attached hydrogens (primary N) is 1. The Bertz CT molecular complexity index is 573. The highest BCUT2D eigenvalue weighted by atomic mass is 15.3. The number of hydrogen-bond donors (Lipinski definition) is 2. The average Bonchev–Trinajstić information content (AvgIpc) is 2.86. The number of hydrogen-bond acceptors (Lipinski definition) is 3. The molecule has 0 unspecified atom stereocenters. The fourth-order valence-electron chi connectivity index (χ4n) is 2.05. The molecule has 3 N–H and O–H groups in total. The van der Waals surface area contributed by atoms with Gasteiger partial charge < -0.3 is 10.6 Å². The Labute approximate surface area is 113 Å². The van der Waals surface area contributed by atoms with Gasteiger partial charge in [-0.1, -0.05) is 12.1 Å². The zero-order chi connectivity index (χ0) is 13.8. The molecule has 0 fully saturated rings. The van der Waals surface area contributed by atoms with Gasteiger partial charge in [0, 0.05) is 43.1 Å². The van der Waals surface area contributed by atoms with Crippen LogP contribution in [0.1, 0.15) is 18.1 Å². The van der Waals surface area contributed by atoms with Crippen molar-refractivity contribution in [1.82, 2.24) is 9.78 Å². The summed E-state index contributed by atoms with van der Waals surface area (Å²) in [6, 6.07) is 7.68. The molecule has 0 saturated heterocycles. The van der Waals surface area contributed by atoms with Gasteiger partial charge in [0.1, 0.15) is 5.84 Å². The molecule has 0 atom stereocenters. The zero-order valence-electron chi connectivity index (χ0n) is 11.3. The van der Waals surface area contributed by atoms with Gasteiger partial charge in [0.15, 0.2) is 0 Å². The molecule has 19 heavy (non-hydrogen) atoms. The molecule has 2 aromatic rings. The van der Waals surface area contributed by atoms with E-state index in [-0.39, 0.29) is 5.84 Å². The molecule has 0 saturated carbocycles. The van der Waals surface area contributed by atoms with E-state index < -0.39 is 0 Å². The van der Waals surface area contributed by atoms with Crippen molar-refractivity contribution < 1.29 is 0 Å². The van der Waals surface area contributed by atoms with Gasteiger partial charge in [-0.05, 0) is 19.1 Å². The Morgan fingerprint density at radius 1 is 1.42 bits per heavy atom. The van der Waals surface area contributed by atoms with Crippen LogP contribution in [0.15, 0.2) is 36.7 Å². The second-order valence-electron chi connectivity index (χ2n) is 4.49. The lowest BCUT2D eigenvalue weighted by molar-refractivity contribution is 0.659. The molecule has 100 valence electrons. The SMILES string of the molecule is CCn1cc(CN(C)c2ccccc2C(=N)N)cn1. The van der Waals surface area contributed by atoms with Gasteiger partial charge >= 0.3 is 0 Å². The van der Waals surface area contributed by atoms with Crippen molar-refractivity contribution in [3.8, 4) is 0 Å². The molecule has 5 nitrogen and oxygen atoms in total. The molecule has 0 aliphatic carbocycles. The van der Waals surface area contributed by atoms with E-state index in [0.717, 1.165) is 29.9 Å². The summed E-state index contributed by atoms with van der Waals surface area (Å²) in [5, 5.41) is 11.9. The monoisotopic (exact) mass is 257 g/mol. The van der Waals surface area contributed by atoms with Crippen molar-refractivity contribution >= 4 is 11.5 Å². The summed E-state index contributed by atoms with van der Waals surface area (Å²) in [7, 11) is 1.99. The van der Waals surface area contributed by atoms with Crippen LogP contribution in [-0.4, -0.2) is 22.7 Å².